The predicted octanol–water partition coefficient (Wildman–Crippen LogP) is 5.08. The molecular weight excluding hydrogens is 384 g/mol. The molecule has 156 valence electrons. The van der Waals surface area contributed by atoms with Gasteiger partial charge in [-0.15, -0.1) is 0 Å². The first kappa shape index (κ1) is 19.7. The minimum atomic E-state index is -0.297. The van der Waals surface area contributed by atoms with Crippen LogP contribution in [0.3, 0.4) is 0 Å². The molecule has 5 rings (SSSR count). The zero-order valence-electron chi connectivity index (χ0n) is 17.8. The minimum absolute atomic E-state index is 0.238. The number of ether oxygens (including phenoxy) is 1. The Morgan fingerprint density at radius 2 is 2.06 bits per heavy atom. The fourth-order valence-corrected chi connectivity index (χ4v) is 5.01. The van der Waals surface area contributed by atoms with Crippen LogP contribution in [0.2, 0.25) is 0 Å². The molecule has 1 aliphatic carbocycles. The van der Waals surface area contributed by atoms with Gasteiger partial charge in [0.05, 0.1) is 30.0 Å². The summed E-state index contributed by atoms with van der Waals surface area (Å²) in [5.74, 6) is 1.31. The zero-order chi connectivity index (χ0) is 21.2. The van der Waals surface area contributed by atoms with Gasteiger partial charge in [0.15, 0.2) is 0 Å². The summed E-state index contributed by atoms with van der Waals surface area (Å²) in [5, 5.41) is 9.66. The number of fused-ring (bicyclic) bond motifs is 2. The van der Waals surface area contributed by atoms with Gasteiger partial charge in [0, 0.05) is 30.2 Å². The van der Waals surface area contributed by atoms with Gasteiger partial charge in [0.2, 0.25) is 0 Å². The summed E-state index contributed by atoms with van der Waals surface area (Å²) in [5.41, 5.74) is 6.85. The molecule has 3 aromatic heterocycles. The smallest absolute Gasteiger partial charge is 0.141 e. The van der Waals surface area contributed by atoms with Crippen molar-refractivity contribution >= 4 is 0 Å². The molecule has 2 unspecified atom stereocenters. The number of nitrogens with zero attached hydrogens (tertiary/aromatic N) is 4. The molecule has 0 saturated heterocycles. The lowest BCUT2D eigenvalue weighted by Gasteiger charge is -2.30. The van der Waals surface area contributed by atoms with Crippen LogP contribution in [0, 0.1) is 11.3 Å². The maximum absolute atomic E-state index is 9.66. The molecule has 4 heterocycles. The van der Waals surface area contributed by atoms with Crippen molar-refractivity contribution in [2.24, 2.45) is 0 Å². The Labute approximate surface area is 183 Å². The molecule has 0 radical (unpaired) electrons. The number of rotatable bonds is 4. The van der Waals surface area contributed by atoms with Gasteiger partial charge in [0.1, 0.15) is 5.75 Å². The van der Waals surface area contributed by atoms with Crippen molar-refractivity contribution in [1.29, 1.82) is 5.26 Å². The molecule has 0 fully saturated rings. The Hall–Kier alpha value is -3.26. The molecule has 1 aliphatic heterocycles. The highest BCUT2D eigenvalue weighted by Crippen LogP contribution is 2.42. The predicted molar refractivity (Wildman–Crippen MR) is 118 cm³/mol. The highest BCUT2D eigenvalue weighted by atomic mass is 16.5. The molecule has 3 aromatic rings. The molecule has 5 nitrogen and oxygen atoms in total. The van der Waals surface area contributed by atoms with E-state index in [1.165, 1.54) is 29.7 Å². The fourth-order valence-electron chi connectivity index (χ4n) is 5.01. The second-order valence-electron chi connectivity index (χ2n) is 8.61. The third-order valence-corrected chi connectivity index (χ3v) is 6.60. The largest absolute Gasteiger partial charge is 0.492 e. The SMILES string of the molecule is C[C@H]1CCCc2c(C3CCOc4cc(CC(C#N)c5ccccn5)cnc43)ccnc21. The molecule has 3 atom stereocenters. The molecule has 0 aromatic carbocycles. The van der Waals surface area contributed by atoms with Crippen molar-refractivity contribution in [2.75, 3.05) is 6.61 Å². The Morgan fingerprint density at radius 1 is 1.13 bits per heavy atom. The van der Waals surface area contributed by atoms with E-state index in [9.17, 15) is 5.26 Å². The average Bonchev–Trinajstić information content (AvgIpc) is 2.82. The molecule has 5 heteroatoms. The summed E-state index contributed by atoms with van der Waals surface area (Å²) < 4.78 is 6.03. The number of aromatic nitrogens is 3. The van der Waals surface area contributed by atoms with Crippen LogP contribution in [0.5, 0.6) is 5.75 Å². The summed E-state index contributed by atoms with van der Waals surface area (Å²) in [6, 6.07) is 12.3. The van der Waals surface area contributed by atoms with Gasteiger partial charge < -0.3 is 4.74 Å². The van der Waals surface area contributed by atoms with E-state index in [0.717, 1.165) is 35.5 Å². The van der Waals surface area contributed by atoms with Crippen LogP contribution < -0.4 is 4.74 Å². The molecule has 0 spiro atoms. The summed E-state index contributed by atoms with van der Waals surface area (Å²) in [6.07, 6.45) is 10.6. The lowest BCUT2D eigenvalue weighted by molar-refractivity contribution is 0.272. The van der Waals surface area contributed by atoms with Crippen LogP contribution in [0.25, 0.3) is 0 Å². The van der Waals surface area contributed by atoms with Crippen molar-refractivity contribution < 1.29 is 4.74 Å². The van der Waals surface area contributed by atoms with Gasteiger partial charge >= 0.3 is 0 Å². The normalized spacial score (nSPS) is 20.6. The number of hydrogen-bond acceptors (Lipinski definition) is 5. The van der Waals surface area contributed by atoms with E-state index in [4.69, 9.17) is 14.7 Å². The Bertz CT molecular complexity index is 1120. The van der Waals surface area contributed by atoms with E-state index < -0.39 is 0 Å². The first-order valence-corrected chi connectivity index (χ1v) is 11.1. The van der Waals surface area contributed by atoms with Gasteiger partial charge in [-0.05, 0) is 79.0 Å². The number of pyridine rings is 3. The monoisotopic (exact) mass is 410 g/mol. The summed E-state index contributed by atoms with van der Waals surface area (Å²) >= 11 is 0. The van der Waals surface area contributed by atoms with Crippen LogP contribution in [0.4, 0.5) is 0 Å². The van der Waals surface area contributed by atoms with E-state index in [1.54, 1.807) is 6.20 Å². The Morgan fingerprint density at radius 3 is 2.90 bits per heavy atom. The van der Waals surface area contributed by atoms with Crippen LogP contribution in [0.15, 0.2) is 48.9 Å². The highest BCUT2D eigenvalue weighted by Gasteiger charge is 2.30. The second kappa shape index (κ2) is 8.47. The maximum atomic E-state index is 9.66. The summed E-state index contributed by atoms with van der Waals surface area (Å²) in [6.45, 7) is 2.96. The van der Waals surface area contributed by atoms with Crippen LogP contribution in [0.1, 0.15) is 77.7 Å². The van der Waals surface area contributed by atoms with Gasteiger partial charge in [-0.2, -0.15) is 5.26 Å². The van der Waals surface area contributed by atoms with Gasteiger partial charge in [-0.1, -0.05) is 13.0 Å². The van der Waals surface area contributed by atoms with E-state index in [1.807, 2.05) is 30.6 Å². The van der Waals surface area contributed by atoms with Gasteiger partial charge in [-0.3, -0.25) is 15.0 Å². The lowest BCUT2D eigenvalue weighted by atomic mass is 9.80. The fraction of sp³-hybridized carbons (Fsp3) is 0.385. The number of nitriles is 1. The van der Waals surface area contributed by atoms with Crippen molar-refractivity contribution in [3.63, 3.8) is 0 Å². The van der Waals surface area contributed by atoms with Crippen molar-refractivity contribution in [3.05, 3.63) is 82.7 Å². The Kier molecular flexibility index (Phi) is 5.38. The van der Waals surface area contributed by atoms with Crippen molar-refractivity contribution in [3.8, 4) is 11.8 Å². The standard InChI is InChI=1S/C26H26N4O/c1-17-5-4-6-21-20(8-11-29-25(17)21)22-9-12-31-24-14-18(16-30-26(22)24)13-19(15-27)23-7-2-3-10-28-23/h2-3,7-8,10-11,14,16-17,19,22H,4-6,9,12-13H2,1H3/t17-,19?,22?/m0/s1. The van der Waals surface area contributed by atoms with Gasteiger partial charge in [0.25, 0.3) is 0 Å². The summed E-state index contributed by atoms with van der Waals surface area (Å²) in [7, 11) is 0. The van der Waals surface area contributed by atoms with Crippen LogP contribution in [-0.4, -0.2) is 21.6 Å². The van der Waals surface area contributed by atoms with E-state index in [0.29, 0.717) is 18.9 Å². The van der Waals surface area contributed by atoms with E-state index in [2.05, 4.69) is 30.1 Å². The van der Waals surface area contributed by atoms with Crippen molar-refractivity contribution in [1.82, 2.24) is 15.0 Å². The molecule has 0 N–H and O–H groups in total. The molecular formula is C26H26N4O. The van der Waals surface area contributed by atoms with Crippen molar-refractivity contribution in [2.45, 2.75) is 56.8 Å². The van der Waals surface area contributed by atoms with Crippen LogP contribution >= 0.6 is 0 Å². The molecule has 0 amide bonds. The molecule has 0 bridgehead atoms. The zero-order valence-corrected chi connectivity index (χ0v) is 17.8. The average molecular weight is 411 g/mol. The quantitative estimate of drug-likeness (QED) is 0.600. The molecule has 2 aliphatic rings. The second-order valence-corrected chi connectivity index (χ2v) is 8.61. The molecule has 0 saturated carbocycles. The Balaban J connectivity index is 1.46. The third-order valence-electron chi connectivity index (χ3n) is 6.60. The summed E-state index contributed by atoms with van der Waals surface area (Å²) in [4.78, 5) is 13.9. The first-order valence-electron chi connectivity index (χ1n) is 11.1. The topological polar surface area (TPSA) is 71.7 Å². The van der Waals surface area contributed by atoms with E-state index >= 15 is 0 Å². The first-order chi connectivity index (χ1) is 15.2. The van der Waals surface area contributed by atoms with Gasteiger partial charge in [-0.25, -0.2) is 0 Å². The maximum Gasteiger partial charge on any atom is 0.141 e. The van der Waals surface area contributed by atoms with E-state index in [-0.39, 0.29) is 11.8 Å². The highest BCUT2D eigenvalue weighted by molar-refractivity contribution is 5.46. The van der Waals surface area contributed by atoms with Crippen LogP contribution in [-0.2, 0) is 12.8 Å². The lowest BCUT2D eigenvalue weighted by Crippen LogP contribution is -2.21. The molecule has 31 heavy (non-hydrogen) atoms. The minimum Gasteiger partial charge on any atom is -0.492 e. The third kappa shape index (κ3) is 3.79. The number of hydrogen-bond donors (Lipinski definition) is 0.